The van der Waals surface area contributed by atoms with Crippen LogP contribution >= 0.6 is 0 Å². The van der Waals surface area contributed by atoms with Crippen LogP contribution in [0.1, 0.15) is 39.2 Å². The third-order valence-electron chi connectivity index (χ3n) is 5.21. The fraction of sp³-hybridized carbons (Fsp3) is 0.476. The normalized spacial score (nSPS) is 15.8. The van der Waals surface area contributed by atoms with Gasteiger partial charge in [0.1, 0.15) is 11.9 Å². The maximum absolute atomic E-state index is 11.4. The van der Waals surface area contributed by atoms with Crippen LogP contribution in [0.25, 0.3) is 11.4 Å². The lowest BCUT2D eigenvalue weighted by atomic mass is 10.1. The minimum absolute atomic E-state index is 0.00316. The average molecular weight is 447 g/mol. The van der Waals surface area contributed by atoms with Gasteiger partial charge in [-0.05, 0) is 57.9 Å². The number of nitrogens with two attached hydrogens (primary N) is 1. The number of likely N-dealkylation sites (tertiary alicyclic amines) is 1. The molecule has 3 rings (SSSR count). The molecule has 9 nitrogen and oxygen atoms in total. The van der Waals surface area contributed by atoms with Crippen molar-refractivity contribution in [1.29, 1.82) is 5.41 Å². The molecule has 0 atom stereocenters. The average Bonchev–Trinajstić information content (AvgIpc) is 2.67. The summed E-state index contributed by atoms with van der Waals surface area (Å²) < 4.78 is 31.4. The third-order valence-corrected chi connectivity index (χ3v) is 5.82. The number of hydrogen-bond donors (Lipinski definition) is 3. The number of ether oxygens (including phenoxy) is 1. The summed E-state index contributed by atoms with van der Waals surface area (Å²) in [7, 11) is -3.36. The summed E-state index contributed by atoms with van der Waals surface area (Å²) >= 11 is 0. The van der Waals surface area contributed by atoms with E-state index in [9.17, 15) is 8.42 Å². The molecule has 0 saturated carbocycles. The number of benzene rings is 1. The number of rotatable bonds is 7. The lowest BCUT2D eigenvalue weighted by molar-refractivity contribution is 0.0812. The molecule has 1 saturated heterocycles. The monoisotopic (exact) mass is 446 g/mol. The summed E-state index contributed by atoms with van der Waals surface area (Å²) in [4.78, 5) is 11.3. The molecule has 1 aromatic carbocycles. The Bertz CT molecular complexity index is 1050. The van der Waals surface area contributed by atoms with E-state index in [1.54, 1.807) is 31.2 Å². The van der Waals surface area contributed by atoms with Gasteiger partial charge in [0.2, 0.25) is 15.9 Å². The molecule has 0 spiro atoms. The molecule has 4 N–H and O–H groups in total. The van der Waals surface area contributed by atoms with Crippen molar-refractivity contribution >= 4 is 27.2 Å². The van der Waals surface area contributed by atoms with E-state index in [0.29, 0.717) is 34.6 Å². The molecule has 31 heavy (non-hydrogen) atoms. The predicted octanol–water partition coefficient (Wildman–Crippen LogP) is 2.74. The molecule has 1 aliphatic rings. The fourth-order valence-electron chi connectivity index (χ4n) is 3.59. The number of nitrogens with zero attached hydrogens (tertiary/aromatic N) is 3. The number of nitrogens with one attached hydrogen (secondary N) is 2. The highest BCUT2D eigenvalue weighted by Gasteiger charge is 2.25. The summed E-state index contributed by atoms with van der Waals surface area (Å²) in [5.41, 5.74) is 7.93. The Morgan fingerprint density at radius 3 is 2.35 bits per heavy atom. The molecule has 0 aliphatic carbocycles. The quantitative estimate of drug-likeness (QED) is 0.557. The van der Waals surface area contributed by atoms with Crippen molar-refractivity contribution < 1.29 is 13.2 Å². The first-order valence-electron chi connectivity index (χ1n) is 10.3. The Kier molecular flexibility index (Phi) is 6.80. The van der Waals surface area contributed by atoms with Crippen LogP contribution in [0, 0.1) is 5.41 Å². The van der Waals surface area contributed by atoms with E-state index in [-0.39, 0.29) is 17.6 Å². The van der Waals surface area contributed by atoms with E-state index in [0.717, 1.165) is 32.2 Å². The number of piperidine rings is 1. The van der Waals surface area contributed by atoms with Gasteiger partial charge < -0.3 is 20.8 Å². The Labute approximate surface area is 183 Å². The molecule has 1 aromatic heterocycles. The predicted molar refractivity (Wildman–Crippen MR) is 123 cm³/mol. The second-order valence-electron chi connectivity index (χ2n) is 8.14. The van der Waals surface area contributed by atoms with E-state index in [2.05, 4.69) is 33.4 Å². The van der Waals surface area contributed by atoms with Crippen molar-refractivity contribution in [2.45, 2.75) is 45.8 Å². The van der Waals surface area contributed by atoms with Gasteiger partial charge in [0.25, 0.3) is 0 Å². The lowest BCUT2D eigenvalue weighted by Crippen LogP contribution is -2.42. The van der Waals surface area contributed by atoms with Gasteiger partial charge in [0.05, 0.1) is 11.8 Å². The van der Waals surface area contributed by atoms with Crippen LogP contribution < -0.4 is 15.2 Å². The maximum atomic E-state index is 11.4. The highest BCUT2D eigenvalue weighted by atomic mass is 32.2. The van der Waals surface area contributed by atoms with E-state index >= 15 is 0 Å². The van der Waals surface area contributed by atoms with Crippen molar-refractivity contribution in [3.8, 4) is 17.3 Å². The highest BCUT2D eigenvalue weighted by molar-refractivity contribution is 7.92. The standard InChI is InChI=1S/C21H30N6O3S/c1-13(2)27-11-9-17(10-12-27)30-21-18(14(3)22)19(23)24-20(25-21)15-5-7-16(8-6-15)26-31(4,28)29/h5-8,13,17,22,26H,9-12H2,1-4H3,(H2,23,24,25). The van der Waals surface area contributed by atoms with E-state index < -0.39 is 10.0 Å². The zero-order chi connectivity index (χ0) is 22.8. The second-order valence-corrected chi connectivity index (χ2v) is 9.88. The van der Waals surface area contributed by atoms with Gasteiger partial charge in [-0.1, -0.05) is 0 Å². The molecule has 168 valence electrons. The summed E-state index contributed by atoms with van der Waals surface area (Å²) in [6.07, 6.45) is 2.84. The van der Waals surface area contributed by atoms with Gasteiger partial charge in [-0.15, -0.1) is 0 Å². The molecule has 10 heteroatoms. The molecular formula is C21H30N6O3S. The number of aromatic nitrogens is 2. The van der Waals surface area contributed by atoms with Crippen LogP contribution in [0.3, 0.4) is 0 Å². The van der Waals surface area contributed by atoms with Gasteiger partial charge >= 0.3 is 0 Å². The van der Waals surface area contributed by atoms with Crippen LogP contribution in [-0.2, 0) is 10.0 Å². The SMILES string of the molecule is CC(=N)c1c(N)nc(-c2ccc(NS(C)(=O)=O)cc2)nc1OC1CCN(C(C)C)CC1. The van der Waals surface area contributed by atoms with Gasteiger partial charge in [0, 0.05) is 36.1 Å². The van der Waals surface area contributed by atoms with E-state index in [1.165, 1.54) is 0 Å². The van der Waals surface area contributed by atoms with Crippen molar-refractivity contribution in [2.24, 2.45) is 0 Å². The fourth-order valence-corrected chi connectivity index (χ4v) is 4.16. The molecule has 2 heterocycles. The van der Waals surface area contributed by atoms with Crippen LogP contribution in [0.2, 0.25) is 0 Å². The van der Waals surface area contributed by atoms with Crippen molar-refractivity contribution in [1.82, 2.24) is 14.9 Å². The summed E-state index contributed by atoms with van der Waals surface area (Å²) in [6, 6.07) is 7.19. The van der Waals surface area contributed by atoms with E-state index in [4.69, 9.17) is 15.9 Å². The van der Waals surface area contributed by atoms with Crippen LogP contribution in [0.5, 0.6) is 5.88 Å². The highest BCUT2D eigenvalue weighted by Crippen LogP contribution is 2.29. The first kappa shape index (κ1) is 23.0. The van der Waals surface area contributed by atoms with Crippen LogP contribution in [-0.4, -0.2) is 60.5 Å². The minimum atomic E-state index is -3.36. The first-order chi connectivity index (χ1) is 14.5. The van der Waals surface area contributed by atoms with Crippen molar-refractivity contribution in [3.05, 3.63) is 29.8 Å². The maximum Gasteiger partial charge on any atom is 0.229 e. The van der Waals surface area contributed by atoms with Gasteiger partial charge in [-0.3, -0.25) is 4.72 Å². The smallest absolute Gasteiger partial charge is 0.229 e. The Hall–Kier alpha value is -2.72. The summed E-state index contributed by atoms with van der Waals surface area (Å²) in [5, 5.41) is 8.10. The minimum Gasteiger partial charge on any atom is -0.474 e. The van der Waals surface area contributed by atoms with E-state index in [1.807, 2.05) is 0 Å². The largest absolute Gasteiger partial charge is 0.474 e. The second kappa shape index (κ2) is 9.19. The zero-order valence-electron chi connectivity index (χ0n) is 18.3. The molecule has 0 amide bonds. The molecule has 1 aliphatic heterocycles. The third kappa shape index (κ3) is 5.92. The molecule has 0 bridgehead atoms. The Morgan fingerprint density at radius 2 is 1.84 bits per heavy atom. The van der Waals surface area contributed by atoms with Crippen molar-refractivity contribution in [3.63, 3.8) is 0 Å². The summed E-state index contributed by atoms with van der Waals surface area (Å²) in [6.45, 7) is 7.90. The van der Waals surface area contributed by atoms with Gasteiger partial charge in [-0.25, -0.2) is 13.4 Å². The number of hydrogen-bond acceptors (Lipinski definition) is 8. The lowest BCUT2D eigenvalue weighted by Gasteiger charge is -2.34. The number of sulfonamides is 1. The molecule has 0 radical (unpaired) electrons. The number of anilines is 2. The first-order valence-corrected chi connectivity index (χ1v) is 12.1. The summed E-state index contributed by atoms with van der Waals surface area (Å²) in [5.74, 6) is 0.866. The van der Waals surface area contributed by atoms with Gasteiger partial charge in [0.15, 0.2) is 5.82 Å². The Balaban J connectivity index is 1.87. The molecule has 1 fully saturated rings. The molecule has 0 unspecified atom stereocenters. The molecule has 2 aromatic rings. The van der Waals surface area contributed by atoms with Gasteiger partial charge in [-0.2, -0.15) is 4.98 Å². The zero-order valence-corrected chi connectivity index (χ0v) is 19.2. The Morgan fingerprint density at radius 1 is 1.23 bits per heavy atom. The number of nitrogen functional groups attached to an aromatic ring is 1. The van der Waals surface area contributed by atoms with Crippen LogP contribution in [0.15, 0.2) is 24.3 Å². The van der Waals surface area contributed by atoms with Crippen molar-refractivity contribution in [2.75, 3.05) is 29.8 Å². The van der Waals surface area contributed by atoms with Crippen LogP contribution in [0.4, 0.5) is 11.5 Å². The molecular weight excluding hydrogens is 416 g/mol. The topological polar surface area (TPSA) is 134 Å².